The second-order valence-electron chi connectivity index (χ2n) is 5.15. The lowest BCUT2D eigenvalue weighted by atomic mass is 10.0. The molecule has 1 N–H and O–H groups in total. The van der Waals surface area contributed by atoms with Gasteiger partial charge in [-0.2, -0.15) is 5.10 Å². The van der Waals surface area contributed by atoms with Gasteiger partial charge in [-0.05, 0) is 49.3 Å². The molecule has 0 bridgehead atoms. The highest BCUT2D eigenvalue weighted by atomic mass is 79.9. The van der Waals surface area contributed by atoms with Crippen molar-refractivity contribution in [3.8, 4) is 0 Å². The highest BCUT2D eigenvalue weighted by Gasteiger charge is 2.24. The average Bonchev–Trinajstić information content (AvgIpc) is 2.59. The van der Waals surface area contributed by atoms with E-state index in [0.29, 0.717) is 6.04 Å². The Hall–Kier alpha value is -0.390. The summed E-state index contributed by atoms with van der Waals surface area (Å²) < 4.78 is 3.17. The van der Waals surface area contributed by atoms with Crippen molar-refractivity contribution in [1.29, 1.82) is 0 Å². The number of likely N-dealkylation sites (tertiary alicyclic amines) is 1. The first-order valence-electron chi connectivity index (χ1n) is 6.70. The van der Waals surface area contributed by atoms with Crippen LogP contribution in [0.5, 0.6) is 0 Å². The number of likely N-dealkylation sites (N-methyl/N-ethyl adjacent to an activating group) is 1. The van der Waals surface area contributed by atoms with Crippen molar-refractivity contribution in [3.63, 3.8) is 0 Å². The second kappa shape index (κ2) is 6.17. The van der Waals surface area contributed by atoms with Crippen LogP contribution in [0.3, 0.4) is 0 Å². The largest absolute Gasteiger partial charge is 0.318 e. The van der Waals surface area contributed by atoms with Gasteiger partial charge in [0, 0.05) is 26.2 Å². The van der Waals surface area contributed by atoms with E-state index in [0.717, 1.165) is 18.8 Å². The van der Waals surface area contributed by atoms with Gasteiger partial charge in [0.2, 0.25) is 0 Å². The molecule has 0 aliphatic carbocycles. The Bertz CT molecular complexity index is 400. The standard InChI is InChI=1S/C13H23BrN4/c1-10-13(14)12(17(3)16-10)9-18-7-5-4-6-11(18)8-15-2/h11,15H,4-9H2,1-3H3. The van der Waals surface area contributed by atoms with Crippen LogP contribution in [0, 0.1) is 6.92 Å². The van der Waals surface area contributed by atoms with Crippen molar-refractivity contribution >= 4 is 15.9 Å². The minimum Gasteiger partial charge on any atom is -0.318 e. The average molecular weight is 315 g/mol. The first kappa shape index (κ1) is 14.0. The van der Waals surface area contributed by atoms with E-state index in [1.807, 2.05) is 18.8 Å². The van der Waals surface area contributed by atoms with Gasteiger partial charge < -0.3 is 5.32 Å². The van der Waals surface area contributed by atoms with E-state index in [4.69, 9.17) is 0 Å². The topological polar surface area (TPSA) is 33.1 Å². The van der Waals surface area contributed by atoms with Crippen molar-refractivity contribution < 1.29 is 0 Å². The molecule has 1 aliphatic rings. The molecule has 18 heavy (non-hydrogen) atoms. The summed E-state index contributed by atoms with van der Waals surface area (Å²) in [6.07, 6.45) is 3.97. The van der Waals surface area contributed by atoms with Crippen LogP contribution in [0.2, 0.25) is 0 Å². The first-order valence-corrected chi connectivity index (χ1v) is 7.49. The van der Waals surface area contributed by atoms with Crippen LogP contribution in [0.1, 0.15) is 30.7 Å². The van der Waals surface area contributed by atoms with E-state index in [1.165, 1.54) is 36.0 Å². The van der Waals surface area contributed by atoms with E-state index in [1.54, 1.807) is 0 Å². The summed E-state index contributed by atoms with van der Waals surface area (Å²) in [5.74, 6) is 0. The lowest BCUT2D eigenvalue weighted by Crippen LogP contribution is -2.44. The zero-order chi connectivity index (χ0) is 13.1. The number of aromatic nitrogens is 2. The summed E-state index contributed by atoms with van der Waals surface area (Å²) in [4.78, 5) is 2.58. The molecule has 0 amide bonds. The Morgan fingerprint density at radius 2 is 2.22 bits per heavy atom. The number of nitrogens with one attached hydrogen (secondary N) is 1. The molecule has 2 rings (SSSR count). The number of halogens is 1. The van der Waals surface area contributed by atoms with Gasteiger partial charge in [-0.3, -0.25) is 9.58 Å². The fourth-order valence-electron chi connectivity index (χ4n) is 2.78. The molecule has 1 fully saturated rings. The predicted molar refractivity (Wildman–Crippen MR) is 77.6 cm³/mol. The number of nitrogens with zero attached hydrogens (tertiary/aromatic N) is 3. The van der Waals surface area contributed by atoms with Gasteiger partial charge in [-0.25, -0.2) is 0 Å². The monoisotopic (exact) mass is 314 g/mol. The van der Waals surface area contributed by atoms with Crippen LogP contribution in [0.25, 0.3) is 0 Å². The SMILES string of the molecule is CNCC1CCCCN1Cc1c(Br)c(C)nn1C. The molecule has 102 valence electrons. The molecule has 4 nitrogen and oxygen atoms in total. The van der Waals surface area contributed by atoms with Crippen LogP contribution in [0.4, 0.5) is 0 Å². The number of hydrogen-bond acceptors (Lipinski definition) is 3. The van der Waals surface area contributed by atoms with Gasteiger partial charge in [-0.1, -0.05) is 6.42 Å². The second-order valence-corrected chi connectivity index (χ2v) is 5.94. The molecular formula is C13H23BrN4. The van der Waals surface area contributed by atoms with Crippen LogP contribution < -0.4 is 5.32 Å². The predicted octanol–water partition coefficient (Wildman–Crippen LogP) is 2.06. The summed E-state index contributed by atoms with van der Waals surface area (Å²) in [5, 5.41) is 7.79. The Labute approximate surface area is 118 Å². The van der Waals surface area contributed by atoms with Gasteiger partial charge in [0.1, 0.15) is 0 Å². The summed E-state index contributed by atoms with van der Waals surface area (Å²) in [5.41, 5.74) is 2.37. The van der Waals surface area contributed by atoms with E-state index >= 15 is 0 Å². The summed E-state index contributed by atoms with van der Waals surface area (Å²) >= 11 is 3.66. The molecule has 0 saturated carbocycles. The number of hydrogen-bond donors (Lipinski definition) is 1. The first-order chi connectivity index (χ1) is 8.63. The van der Waals surface area contributed by atoms with E-state index in [2.05, 4.69) is 38.2 Å². The van der Waals surface area contributed by atoms with Gasteiger partial charge in [0.15, 0.2) is 0 Å². The van der Waals surface area contributed by atoms with Gasteiger partial charge in [0.05, 0.1) is 15.9 Å². The fourth-order valence-corrected chi connectivity index (χ4v) is 3.24. The van der Waals surface area contributed by atoms with Crippen molar-refractivity contribution in [1.82, 2.24) is 20.0 Å². The lowest BCUT2D eigenvalue weighted by molar-refractivity contribution is 0.135. The Balaban J connectivity index is 2.10. The smallest absolute Gasteiger partial charge is 0.0739 e. The zero-order valence-corrected chi connectivity index (χ0v) is 13.1. The number of rotatable bonds is 4. The van der Waals surface area contributed by atoms with E-state index in [-0.39, 0.29) is 0 Å². The Morgan fingerprint density at radius 1 is 1.44 bits per heavy atom. The highest BCUT2D eigenvalue weighted by Crippen LogP contribution is 2.25. The van der Waals surface area contributed by atoms with Crippen LogP contribution in [-0.4, -0.2) is 40.9 Å². The quantitative estimate of drug-likeness (QED) is 0.923. The van der Waals surface area contributed by atoms with Gasteiger partial charge in [-0.15, -0.1) is 0 Å². The fraction of sp³-hybridized carbons (Fsp3) is 0.769. The lowest BCUT2D eigenvalue weighted by Gasteiger charge is -2.35. The Kier molecular flexibility index (Phi) is 4.81. The molecule has 1 aromatic rings. The molecule has 2 heterocycles. The van der Waals surface area contributed by atoms with Crippen molar-refractivity contribution in [2.24, 2.45) is 7.05 Å². The molecule has 1 atom stereocenters. The zero-order valence-electron chi connectivity index (χ0n) is 11.5. The Morgan fingerprint density at radius 3 is 2.83 bits per heavy atom. The maximum atomic E-state index is 4.47. The van der Waals surface area contributed by atoms with Crippen molar-refractivity contribution in [2.75, 3.05) is 20.1 Å². The van der Waals surface area contributed by atoms with Crippen molar-refractivity contribution in [3.05, 3.63) is 15.9 Å². The minimum atomic E-state index is 0.658. The van der Waals surface area contributed by atoms with E-state index in [9.17, 15) is 0 Å². The molecule has 5 heteroatoms. The minimum absolute atomic E-state index is 0.658. The molecule has 0 radical (unpaired) electrons. The summed E-state index contributed by atoms with van der Waals surface area (Å²) in [6, 6.07) is 0.658. The molecular weight excluding hydrogens is 292 g/mol. The van der Waals surface area contributed by atoms with Crippen molar-refractivity contribution in [2.45, 2.75) is 38.8 Å². The molecule has 0 spiro atoms. The molecule has 1 saturated heterocycles. The molecule has 0 aromatic carbocycles. The van der Waals surface area contributed by atoms with Gasteiger partial charge >= 0.3 is 0 Å². The maximum absolute atomic E-state index is 4.47. The highest BCUT2D eigenvalue weighted by molar-refractivity contribution is 9.10. The normalized spacial score (nSPS) is 21.4. The van der Waals surface area contributed by atoms with E-state index < -0.39 is 0 Å². The number of piperidine rings is 1. The number of aryl methyl sites for hydroxylation is 2. The maximum Gasteiger partial charge on any atom is 0.0739 e. The van der Waals surface area contributed by atoms with Crippen LogP contribution in [-0.2, 0) is 13.6 Å². The van der Waals surface area contributed by atoms with Crippen LogP contribution in [0.15, 0.2) is 4.47 Å². The third-order valence-corrected chi connectivity index (χ3v) is 4.83. The molecule has 1 unspecified atom stereocenters. The summed E-state index contributed by atoms with van der Waals surface area (Å²) in [6.45, 7) is 5.32. The third kappa shape index (κ3) is 2.95. The van der Waals surface area contributed by atoms with Crippen LogP contribution >= 0.6 is 15.9 Å². The molecule has 1 aliphatic heterocycles. The molecule has 1 aromatic heterocycles. The third-order valence-electron chi connectivity index (χ3n) is 3.80. The van der Waals surface area contributed by atoms with Gasteiger partial charge in [0.25, 0.3) is 0 Å². The summed E-state index contributed by atoms with van der Waals surface area (Å²) in [7, 11) is 4.07.